The summed E-state index contributed by atoms with van der Waals surface area (Å²) in [6, 6.07) is 18.9. The summed E-state index contributed by atoms with van der Waals surface area (Å²) in [5.41, 5.74) is 2.92. The number of esters is 1. The molecule has 0 unspecified atom stereocenters. The Balaban J connectivity index is 1.64. The third-order valence-electron chi connectivity index (χ3n) is 6.51. The molecule has 0 amide bonds. The van der Waals surface area contributed by atoms with E-state index in [9.17, 15) is 9.59 Å². The van der Waals surface area contributed by atoms with Crippen LogP contribution < -0.4 is 19.6 Å². The van der Waals surface area contributed by atoms with Crippen molar-refractivity contribution in [1.29, 1.82) is 5.26 Å². The zero-order valence-corrected chi connectivity index (χ0v) is 26.3. The number of nitrogens with zero attached hydrogens (tertiary/aromatic N) is 3. The molecule has 1 atom stereocenters. The number of rotatable bonds is 7. The number of halogens is 3. The van der Waals surface area contributed by atoms with Gasteiger partial charge in [-0.1, -0.05) is 64.9 Å². The fraction of sp³-hybridized carbons (Fsp3) is 0.161. The molecule has 0 saturated carbocycles. The van der Waals surface area contributed by atoms with Crippen molar-refractivity contribution in [2.75, 3.05) is 6.61 Å². The lowest BCUT2D eigenvalue weighted by atomic mass is 9.96. The van der Waals surface area contributed by atoms with Gasteiger partial charge in [0.05, 0.1) is 38.5 Å². The number of ether oxygens (including phenoxy) is 2. The first-order valence-corrected chi connectivity index (χ1v) is 15.1. The van der Waals surface area contributed by atoms with Crippen LogP contribution >= 0.6 is 50.5 Å². The summed E-state index contributed by atoms with van der Waals surface area (Å²) in [6.45, 7) is 3.83. The molecular formula is C31H22BrCl2N3O4S. The van der Waals surface area contributed by atoms with E-state index in [0.717, 1.165) is 5.56 Å². The number of thiazole rings is 1. The van der Waals surface area contributed by atoms with Gasteiger partial charge in [-0.3, -0.25) is 9.36 Å². The summed E-state index contributed by atoms with van der Waals surface area (Å²) in [4.78, 5) is 32.2. The molecule has 11 heteroatoms. The van der Waals surface area contributed by atoms with E-state index < -0.39 is 12.0 Å². The first kappa shape index (κ1) is 29.8. The van der Waals surface area contributed by atoms with Gasteiger partial charge in [0, 0.05) is 15.6 Å². The maximum Gasteiger partial charge on any atom is 0.338 e. The molecule has 4 aromatic rings. The molecule has 0 fully saturated rings. The van der Waals surface area contributed by atoms with Gasteiger partial charge in [0.25, 0.3) is 5.56 Å². The molecule has 1 aliphatic rings. The van der Waals surface area contributed by atoms with Crippen LogP contribution in [0.15, 0.2) is 86.2 Å². The third kappa shape index (κ3) is 5.94. The zero-order chi connectivity index (χ0) is 30.0. The molecule has 0 N–H and O–H groups in total. The second kappa shape index (κ2) is 12.7. The Morgan fingerprint density at radius 3 is 2.62 bits per heavy atom. The highest BCUT2D eigenvalue weighted by Gasteiger charge is 2.34. The second-order valence-corrected chi connectivity index (χ2v) is 11.9. The highest BCUT2D eigenvalue weighted by Crippen LogP contribution is 2.36. The molecule has 42 heavy (non-hydrogen) atoms. The summed E-state index contributed by atoms with van der Waals surface area (Å²) in [7, 11) is 0. The lowest BCUT2D eigenvalue weighted by Crippen LogP contribution is -2.40. The number of hydrogen-bond acceptors (Lipinski definition) is 7. The molecule has 0 bridgehead atoms. The van der Waals surface area contributed by atoms with Crippen molar-refractivity contribution >= 4 is 62.5 Å². The Kier molecular flexibility index (Phi) is 8.99. The average molecular weight is 683 g/mol. The van der Waals surface area contributed by atoms with Crippen molar-refractivity contribution in [1.82, 2.24) is 4.57 Å². The smallest absolute Gasteiger partial charge is 0.338 e. The summed E-state index contributed by atoms with van der Waals surface area (Å²) in [5.74, 6) is -0.0733. The van der Waals surface area contributed by atoms with E-state index in [1.165, 1.54) is 15.9 Å². The van der Waals surface area contributed by atoms with Crippen LogP contribution in [0.25, 0.3) is 6.08 Å². The van der Waals surface area contributed by atoms with Gasteiger partial charge >= 0.3 is 5.97 Å². The van der Waals surface area contributed by atoms with E-state index in [-0.39, 0.29) is 24.3 Å². The molecule has 0 spiro atoms. The summed E-state index contributed by atoms with van der Waals surface area (Å²) in [5, 5.41) is 9.92. The van der Waals surface area contributed by atoms with Crippen molar-refractivity contribution in [2.45, 2.75) is 26.5 Å². The number of carbonyl (C=O) groups excluding carboxylic acids is 1. The number of nitriles is 1. The largest absolute Gasteiger partial charge is 0.487 e. The van der Waals surface area contributed by atoms with Gasteiger partial charge in [0.1, 0.15) is 18.4 Å². The van der Waals surface area contributed by atoms with Crippen molar-refractivity contribution < 1.29 is 14.3 Å². The van der Waals surface area contributed by atoms with Gasteiger partial charge < -0.3 is 9.47 Å². The lowest BCUT2D eigenvalue weighted by Gasteiger charge is -2.25. The topological polar surface area (TPSA) is 93.7 Å². The maximum atomic E-state index is 14.0. The molecule has 2 heterocycles. The van der Waals surface area contributed by atoms with Crippen LogP contribution in [-0.4, -0.2) is 17.1 Å². The molecule has 1 aromatic heterocycles. The molecular weight excluding hydrogens is 661 g/mol. The molecule has 7 nitrogen and oxygen atoms in total. The van der Waals surface area contributed by atoms with Gasteiger partial charge in [0.15, 0.2) is 4.80 Å². The summed E-state index contributed by atoms with van der Waals surface area (Å²) in [6.07, 6.45) is 1.70. The van der Waals surface area contributed by atoms with Crippen molar-refractivity contribution in [2.24, 2.45) is 4.99 Å². The molecule has 3 aromatic carbocycles. The first-order valence-electron chi connectivity index (χ1n) is 12.8. The molecule has 0 radical (unpaired) electrons. The van der Waals surface area contributed by atoms with Gasteiger partial charge in [0.2, 0.25) is 0 Å². The minimum atomic E-state index is -0.825. The standard InChI is InChI=1S/C31H22BrCl2N3O4S/c1-3-40-30(39)26-17(2)36-31-37(27(26)22-6-4-5-7-24(22)34)29(38)25(42-31)13-20-12-21(33)14-23(32)28(20)41-16-19-10-8-18(15-35)9-11-19/h4-14,27H,3,16H2,1-2H3/b25-13-/t27-/m1/s1. The number of benzene rings is 3. The van der Waals surface area contributed by atoms with E-state index in [1.54, 1.807) is 68.5 Å². The van der Waals surface area contributed by atoms with Crippen LogP contribution in [0.3, 0.4) is 0 Å². The molecule has 0 saturated heterocycles. The van der Waals surface area contributed by atoms with Crippen molar-refractivity contribution in [3.8, 4) is 11.8 Å². The Morgan fingerprint density at radius 1 is 1.19 bits per heavy atom. The fourth-order valence-electron chi connectivity index (χ4n) is 4.59. The average Bonchev–Trinajstić information content (AvgIpc) is 3.26. The van der Waals surface area contributed by atoms with Crippen LogP contribution in [0, 0.1) is 11.3 Å². The van der Waals surface area contributed by atoms with Crippen molar-refractivity contribution in [3.05, 3.63) is 128 Å². The predicted molar refractivity (Wildman–Crippen MR) is 166 cm³/mol. The van der Waals surface area contributed by atoms with E-state index >= 15 is 0 Å². The van der Waals surface area contributed by atoms with E-state index in [4.69, 9.17) is 37.9 Å². The number of aromatic nitrogens is 1. The number of hydrogen-bond donors (Lipinski definition) is 0. The van der Waals surface area contributed by atoms with Gasteiger partial charge in [-0.15, -0.1) is 0 Å². The Hall–Kier alpha value is -3.68. The van der Waals surface area contributed by atoms with E-state index in [2.05, 4.69) is 27.0 Å². The zero-order valence-electron chi connectivity index (χ0n) is 22.4. The van der Waals surface area contributed by atoms with Crippen LogP contribution in [0.1, 0.15) is 42.1 Å². The van der Waals surface area contributed by atoms with Crippen LogP contribution in [0.2, 0.25) is 10.0 Å². The van der Waals surface area contributed by atoms with Gasteiger partial charge in [-0.2, -0.15) is 5.26 Å². The highest BCUT2D eigenvalue weighted by molar-refractivity contribution is 9.10. The van der Waals surface area contributed by atoms with E-state index in [1.807, 2.05) is 12.1 Å². The first-order chi connectivity index (χ1) is 20.2. The van der Waals surface area contributed by atoms with Crippen LogP contribution in [-0.2, 0) is 16.1 Å². The second-order valence-electron chi connectivity index (χ2n) is 9.23. The number of fused-ring (bicyclic) bond motifs is 1. The maximum absolute atomic E-state index is 14.0. The number of carbonyl (C=O) groups is 1. The Bertz CT molecular complexity index is 1960. The molecule has 5 rings (SSSR count). The van der Waals surface area contributed by atoms with Crippen LogP contribution in [0.4, 0.5) is 0 Å². The summed E-state index contributed by atoms with van der Waals surface area (Å²) >= 11 is 17.7. The van der Waals surface area contributed by atoms with Crippen molar-refractivity contribution in [3.63, 3.8) is 0 Å². The molecule has 212 valence electrons. The molecule has 1 aliphatic heterocycles. The quantitative estimate of drug-likeness (QED) is 0.213. The normalized spacial score (nSPS) is 14.7. The molecule has 0 aliphatic carbocycles. The minimum absolute atomic E-state index is 0.171. The van der Waals surface area contributed by atoms with Crippen LogP contribution in [0.5, 0.6) is 5.75 Å². The van der Waals surface area contributed by atoms with Gasteiger partial charge in [-0.05, 0) is 77.3 Å². The Morgan fingerprint density at radius 2 is 1.93 bits per heavy atom. The van der Waals surface area contributed by atoms with Gasteiger partial charge in [-0.25, -0.2) is 9.79 Å². The number of allylic oxidation sites excluding steroid dienone is 1. The lowest BCUT2D eigenvalue weighted by molar-refractivity contribution is -0.139. The third-order valence-corrected chi connectivity index (χ3v) is 8.64. The predicted octanol–water partition coefficient (Wildman–Crippen LogP) is 6.32. The fourth-order valence-corrected chi connectivity index (χ4v) is 6.82. The SMILES string of the molecule is CCOC(=O)C1=C(C)N=c2s/c(=C\c3cc(Cl)cc(Br)c3OCc3ccc(C#N)cc3)c(=O)n2[C@@H]1c1ccccc1Cl. The minimum Gasteiger partial charge on any atom is -0.487 e. The Labute approximate surface area is 263 Å². The summed E-state index contributed by atoms with van der Waals surface area (Å²) < 4.78 is 14.0. The highest BCUT2D eigenvalue weighted by atomic mass is 79.9. The van der Waals surface area contributed by atoms with E-state index in [0.29, 0.717) is 52.0 Å². The monoisotopic (exact) mass is 681 g/mol.